The molecular weight excluding hydrogens is 225 g/mol. The van der Waals surface area contributed by atoms with Crippen LogP contribution in [0.2, 0.25) is 0 Å². The van der Waals surface area contributed by atoms with Crippen LogP contribution in [0.1, 0.15) is 40.0 Å². The molecule has 2 aliphatic rings. The molecule has 0 aromatic heterocycles. The first kappa shape index (κ1) is 13.8. The lowest BCUT2D eigenvalue weighted by Crippen LogP contribution is -2.41. The zero-order valence-electron chi connectivity index (χ0n) is 11.8. The van der Waals surface area contributed by atoms with Gasteiger partial charge in [0.25, 0.3) is 0 Å². The van der Waals surface area contributed by atoms with Crippen LogP contribution in [0, 0.1) is 23.7 Å². The molecule has 1 nitrogen and oxygen atoms in total. The molecule has 2 N–H and O–H groups in total. The average molecular weight is 251 g/mol. The molecule has 2 aliphatic carbocycles. The molecule has 1 fully saturated rings. The molecule has 4 atom stereocenters. The number of alkyl halides is 1. The molecule has 18 heavy (non-hydrogen) atoms. The SMILES string of the molecule is CC(C)C1=CC[C@H]2C(F)CC2[C@H](C)CC(CN)=C1. The first-order chi connectivity index (χ1) is 8.52. The Hall–Kier alpha value is -0.630. The van der Waals surface area contributed by atoms with Crippen LogP contribution >= 0.6 is 0 Å². The molecule has 0 radical (unpaired) electrons. The molecule has 0 aromatic rings. The number of nitrogens with two attached hydrogens (primary N) is 1. The molecule has 0 bridgehead atoms. The lowest BCUT2D eigenvalue weighted by atomic mass is 9.64. The molecule has 0 saturated heterocycles. The van der Waals surface area contributed by atoms with Gasteiger partial charge in [-0.05, 0) is 48.5 Å². The van der Waals surface area contributed by atoms with Gasteiger partial charge in [0, 0.05) is 6.54 Å². The fourth-order valence-corrected chi connectivity index (χ4v) is 3.39. The Bertz CT molecular complexity index is 356. The van der Waals surface area contributed by atoms with Crippen molar-refractivity contribution < 1.29 is 4.39 Å². The summed E-state index contributed by atoms with van der Waals surface area (Å²) in [4.78, 5) is 0. The van der Waals surface area contributed by atoms with Crippen molar-refractivity contribution in [1.29, 1.82) is 0 Å². The van der Waals surface area contributed by atoms with Crippen molar-refractivity contribution in [3.63, 3.8) is 0 Å². The molecule has 0 aromatic carbocycles. The van der Waals surface area contributed by atoms with Gasteiger partial charge in [0.1, 0.15) is 6.17 Å². The van der Waals surface area contributed by atoms with Crippen molar-refractivity contribution in [3.8, 4) is 0 Å². The van der Waals surface area contributed by atoms with Gasteiger partial charge in [0.05, 0.1) is 0 Å². The summed E-state index contributed by atoms with van der Waals surface area (Å²) in [6.45, 7) is 7.28. The summed E-state index contributed by atoms with van der Waals surface area (Å²) in [5.74, 6) is 1.87. The summed E-state index contributed by atoms with van der Waals surface area (Å²) in [6.07, 6.45) is 6.63. The Morgan fingerprint density at radius 3 is 2.67 bits per heavy atom. The van der Waals surface area contributed by atoms with Crippen LogP contribution in [-0.2, 0) is 0 Å². The third-order valence-corrected chi connectivity index (χ3v) is 4.75. The van der Waals surface area contributed by atoms with Crippen molar-refractivity contribution in [2.45, 2.75) is 46.2 Å². The van der Waals surface area contributed by atoms with Crippen LogP contribution in [0.5, 0.6) is 0 Å². The first-order valence-electron chi connectivity index (χ1n) is 7.26. The minimum Gasteiger partial charge on any atom is -0.327 e. The van der Waals surface area contributed by atoms with Gasteiger partial charge in [0.2, 0.25) is 0 Å². The van der Waals surface area contributed by atoms with Gasteiger partial charge in [-0.3, -0.25) is 0 Å². The lowest BCUT2D eigenvalue weighted by molar-refractivity contribution is 0.00260. The third kappa shape index (κ3) is 2.69. The Morgan fingerprint density at radius 1 is 1.39 bits per heavy atom. The molecule has 0 aliphatic heterocycles. The fourth-order valence-electron chi connectivity index (χ4n) is 3.39. The number of hydrogen-bond acceptors (Lipinski definition) is 1. The minimum atomic E-state index is -0.582. The molecule has 0 amide bonds. The van der Waals surface area contributed by atoms with Gasteiger partial charge in [-0.15, -0.1) is 0 Å². The zero-order valence-corrected chi connectivity index (χ0v) is 11.8. The molecule has 1 saturated carbocycles. The van der Waals surface area contributed by atoms with Crippen LogP contribution in [0.25, 0.3) is 0 Å². The second kappa shape index (κ2) is 5.56. The van der Waals surface area contributed by atoms with E-state index in [2.05, 4.69) is 32.9 Å². The molecule has 0 heterocycles. The van der Waals surface area contributed by atoms with E-state index in [0.29, 0.717) is 24.3 Å². The predicted octanol–water partition coefficient (Wildman–Crippen LogP) is 3.86. The number of hydrogen-bond donors (Lipinski definition) is 1. The normalized spacial score (nSPS) is 36.8. The molecule has 102 valence electrons. The van der Waals surface area contributed by atoms with E-state index in [9.17, 15) is 4.39 Å². The van der Waals surface area contributed by atoms with E-state index in [1.807, 2.05) is 0 Å². The zero-order chi connectivity index (χ0) is 13.3. The second-order valence-electron chi connectivity index (χ2n) is 6.36. The highest BCUT2D eigenvalue weighted by atomic mass is 19.1. The van der Waals surface area contributed by atoms with Crippen molar-refractivity contribution in [2.75, 3.05) is 6.54 Å². The smallest absolute Gasteiger partial charge is 0.104 e. The second-order valence-corrected chi connectivity index (χ2v) is 6.36. The summed E-state index contributed by atoms with van der Waals surface area (Å²) >= 11 is 0. The largest absolute Gasteiger partial charge is 0.327 e. The van der Waals surface area contributed by atoms with E-state index < -0.39 is 6.17 Å². The number of allylic oxidation sites excluding steroid dienone is 3. The highest BCUT2D eigenvalue weighted by Gasteiger charge is 2.43. The highest BCUT2D eigenvalue weighted by Crippen LogP contribution is 2.46. The Morgan fingerprint density at radius 2 is 2.11 bits per heavy atom. The van der Waals surface area contributed by atoms with Gasteiger partial charge < -0.3 is 5.73 Å². The summed E-state index contributed by atoms with van der Waals surface area (Å²) in [6, 6.07) is 0. The van der Waals surface area contributed by atoms with E-state index in [-0.39, 0.29) is 5.92 Å². The van der Waals surface area contributed by atoms with Gasteiger partial charge in [0.15, 0.2) is 0 Å². The maximum Gasteiger partial charge on any atom is 0.104 e. The van der Waals surface area contributed by atoms with Gasteiger partial charge in [-0.25, -0.2) is 4.39 Å². The summed E-state index contributed by atoms with van der Waals surface area (Å²) in [7, 11) is 0. The quantitative estimate of drug-likeness (QED) is 0.792. The number of rotatable bonds is 2. The Balaban J connectivity index is 2.23. The van der Waals surface area contributed by atoms with Crippen LogP contribution in [0.4, 0.5) is 4.39 Å². The first-order valence-corrected chi connectivity index (χ1v) is 7.26. The molecule has 0 spiro atoms. The minimum absolute atomic E-state index is 0.249. The number of halogens is 1. The Kier molecular flexibility index (Phi) is 4.26. The maximum atomic E-state index is 13.7. The van der Waals surface area contributed by atoms with Crippen LogP contribution in [0.3, 0.4) is 0 Å². The van der Waals surface area contributed by atoms with E-state index in [4.69, 9.17) is 5.73 Å². The average Bonchev–Trinajstić information content (AvgIpc) is 2.36. The van der Waals surface area contributed by atoms with Gasteiger partial charge >= 0.3 is 0 Å². The fraction of sp³-hybridized carbons (Fsp3) is 0.750. The number of fused-ring (bicyclic) bond motifs is 1. The van der Waals surface area contributed by atoms with E-state index >= 15 is 0 Å². The van der Waals surface area contributed by atoms with E-state index in [0.717, 1.165) is 19.3 Å². The standard InChI is InChI=1S/C16H26FN/c1-10(2)13-4-5-14-15(8-16(14)17)11(3)6-12(7-13)9-18/h4,7,10-11,14-16H,5-6,8-9,18H2,1-3H3/t11-,14-,15?,16?/m1/s1. The van der Waals surface area contributed by atoms with E-state index in [1.54, 1.807) is 0 Å². The van der Waals surface area contributed by atoms with Gasteiger partial charge in [-0.1, -0.05) is 38.5 Å². The van der Waals surface area contributed by atoms with Gasteiger partial charge in [-0.2, -0.15) is 0 Å². The van der Waals surface area contributed by atoms with Crippen molar-refractivity contribution in [1.82, 2.24) is 0 Å². The molecule has 2 rings (SSSR count). The van der Waals surface area contributed by atoms with Crippen LogP contribution in [0.15, 0.2) is 23.3 Å². The van der Waals surface area contributed by atoms with E-state index in [1.165, 1.54) is 11.1 Å². The summed E-state index contributed by atoms with van der Waals surface area (Å²) < 4.78 is 13.7. The summed E-state index contributed by atoms with van der Waals surface area (Å²) in [5, 5.41) is 0. The van der Waals surface area contributed by atoms with Crippen LogP contribution in [-0.4, -0.2) is 12.7 Å². The summed E-state index contributed by atoms with van der Waals surface area (Å²) in [5.41, 5.74) is 8.52. The topological polar surface area (TPSA) is 26.0 Å². The van der Waals surface area contributed by atoms with Crippen molar-refractivity contribution >= 4 is 0 Å². The lowest BCUT2D eigenvalue weighted by Gasteiger charge is -2.43. The van der Waals surface area contributed by atoms with Crippen LogP contribution < -0.4 is 5.73 Å². The molecule has 2 unspecified atom stereocenters. The monoisotopic (exact) mass is 251 g/mol. The third-order valence-electron chi connectivity index (χ3n) is 4.75. The molecular formula is C16H26FN. The highest BCUT2D eigenvalue weighted by molar-refractivity contribution is 5.27. The molecule has 2 heteroatoms. The Labute approximate surface area is 110 Å². The van der Waals surface area contributed by atoms with Crippen molar-refractivity contribution in [3.05, 3.63) is 23.3 Å². The maximum absolute atomic E-state index is 13.7. The predicted molar refractivity (Wildman–Crippen MR) is 74.9 cm³/mol. The van der Waals surface area contributed by atoms with Crippen molar-refractivity contribution in [2.24, 2.45) is 29.4 Å².